The third kappa shape index (κ3) is 4.70. The van der Waals surface area contributed by atoms with Crippen LogP contribution in [0.25, 0.3) is 11.0 Å². The van der Waals surface area contributed by atoms with Crippen LogP contribution in [0, 0.1) is 24.0 Å². The molecule has 0 radical (unpaired) electrons. The lowest BCUT2D eigenvalue weighted by atomic mass is 10.1. The second-order valence-corrected chi connectivity index (χ2v) is 8.82. The molecule has 4 aromatic rings. The van der Waals surface area contributed by atoms with Crippen molar-refractivity contribution in [1.29, 1.82) is 0 Å². The average molecular weight is 481 g/mol. The number of aromatic amines is 1. The molecule has 1 unspecified atom stereocenters. The van der Waals surface area contributed by atoms with Gasteiger partial charge in [-0.25, -0.2) is 4.79 Å². The third-order valence-corrected chi connectivity index (χ3v) is 6.35. The number of aromatic nitrogens is 3. The number of nitro groups is 1. The molecule has 2 aromatic heterocycles. The fourth-order valence-corrected chi connectivity index (χ4v) is 4.53. The number of benzene rings is 2. The number of nitrogens with one attached hydrogen (secondary N) is 1. The summed E-state index contributed by atoms with van der Waals surface area (Å²) in [6.45, 7) is 3.76. The Kier molecular flexibility index (Phi) is 6.48. The van der Waals surface area contributed by atoms with Gasteiger partial charge in [0.1, 0.15) is 11.5 Å². The van der Waals surface area contributed by atoms with Crippen LogP contribution in [0.2, 0.25) is 0 Å². The lowest BCUT2D eigenvalue weighted by Gasteiger charge is -2.13. The van der Waals surface area contributed by atoms with Crippen LogP contribution in [0.1, 0.15) is 27.2 Å². The van der Waals surface area contributed by atoms with Crippen LogP contribution >= 0.6 is 0 Å². The molecule has 0 aliphatic carbocycles. The molecule has 0 saturated heterocycles. The van der Waals surface area contributed by atoms with Crippen molar-refractivity contribution in [3.05, 3.63) is 81.2 Å². The number of nitrogens with zero attached hydrogens (tertiary/aromatic N) is 3. The summed E-state index contributed by atoms with van der Waals surface area (Å²) >= 11 is -1.49. The Morgan fingerprint density at radius 3 is 2.59 bits per heavy atom. The van der Waals surface area contributed by atoms with Crippen LogP contribution in [0.4, 0.5) is 5.69 Å². The number of non-ortho nitro benzene ring substituents is 1. The summed E-state index contributed by atoms with van der Waals surface area (Å²) in [4.78, 5) is 34.4. The smallest absolute Gasteiger partial charge is 0.343 e. The number of hydrogen-bond acceptors (Lipinski definition) is 8. The number of H-pyrrole nitrogens is 1. The molecule has 34 heavy (non-hydrogen) atoms. The number of imidazole rings is 1. The molecule has 174 valence electrons. The molecule has 2 heterocycles. The number of nitro benzene ring substituents is 1. The van der Waals surface area contributed by atoms with Crippen LogP contribution in [-0.4, -0.2) is 37.5 Å². The highest BCUT2D eigenvalue weighted by Gasteiger charge is 2.21. The largest absolute Gasteiger partial charge is 0.609 e. The molecule has 0 spiro atoms. The molecule has 0 saturated carbocycles. The van der Waals surface area contributed by atoms with Gasteiger partial charge in [-0.15, -0.1) is 0 Å². The maximum absolute atomic E-state index is 12.9. The first-order valence-electron chi connectivity index (χ1n) is 10.1. The summed E-state index contributed by atoms with van der Waals surface area (Å²) in [5, 5.41) is 11.0. The van der Waals surface area contributed by atoms with E-state index >= 15 is 0 Å². The molecule has 0 aliphatic heterocycles. The van der Waals surface area contributed by atoms with E-state index in [1.807, 2.05) is 13.8 Å². The van der Waals surface area contributed by atoms with Crippen molar-refractivity contribution < 1.29 is 23.7 Å². The fourth-order valence-electron chi connectivity index (χ4n) is 3.43. The van der Waals surface area contributed by atoms with Gasteiger partial charge in [0, 0.05) is 46.7 Å². The number of aryl methyl sites for hydroxylation is 1. The van der Waals surface area contributed by atoms with E-state index in [9.17, 15) is 19.5 Å². The van der Waals surface area contributed by atoms with E-state index in [0.717, 1.165) is 11.1 Å². The first-order valence-corrected chi connectivity index (χ1v) is 11.4. The predicted octanol–water partition coefficient (Wildman–Crippen LogP) is 4.02. The number of ether oxygens (including phenoxy) is 2. The first-order chi connectivity index (χ1) is 16.3. The van der Waals surface area contributed by atoms with Crippen LogP contribution in [0.5, 0.6) is 11.5 Å². The highest BCUT2D eigenvalue weighted by atomic mass is 32.2. The molecular weight excluding hydrogens is 460 g/mol. The summed E-state index contributed by atoms with van der Waals surface area (Å²) < 4.78 is 23.7. The van der Waals surface area contributed by atoms with Gasteiger partial charge < -0.3 is 14.0 Å². The molecule has 1 atom stereocenters. The zero-order chi connectivity index (χ0) is 24.4. The number of esters is 1. The predicted molar refractivity (Wildman–Crippen MR) is 125 cm³/mol. The zero-order valence-corrected chi connectivity index (χ0v) is 19.3. The van der Waals surface area contributed by atoms with Crippen LogP contribution in [-0.2, 0) is 16.9 Å². The summed E-state index contributed by atoms with van der Waals surface area (Å²) in [6.07, 6.45) is 1.68. The second-order valence-electron chi connectivity index (χ2n) is 7.45. The van der Waals surface area contributed by atoms with Crippen molar-refractivity contribution in [3.8, 4) is 11.5 Å². The molecule has 2 aromatic carbocycles. The summed E-state index contributed by atoms with van der Waals surface area (Å²) in [5.74, 6) is 0.444. The van der Waals surface area contributed by atoms with Crippen LogP contribution < -0.4 is 9.47 Å². The van der Waals surface area contributed by atoms with Gasteiger partial charge in [-0.1, -0.05) is 0 Å². The molecule has 1 N–H and O–H groups in total. The molecule has 10 nitrogen and oxygen atoms in total. The van der Waals surface area contributed by atoms with Gasteiger partial charge in [0.2, 0.25) is 0 Å². The summed E-state index contributed by atoms with van der Waals surface area (Å²) in [7, 11) is 1.58. The molecule has 4 rings (SSSR count). The van der Waals surface area contributed by atoms with E-state index in [4.69, 9.17) is 9.47 Å². The van der Waals surface area contributed by atoms with Gasteiger partial charge in [0.25, 0.3) is 5.69 Å². The Bertz CT molecular complexity index is 1390. The third-order valence-electron chi connectivity index (χ3n) is 5.19. The van der Waals surface area contributed by atoms with E-state index in [2.05, 4.69) is 15.0 Å². The van der Waals surface area contributed by atoms with E-state index in [-0.39, 0.29) is 27.9 Å². The van der Waals surface area contributed by atoms with E-state index in [1.165, 1.54) is 24.3 Å². The fraction of sp³-hybridized carbons (Fsp3) is 0.174. The van der Waals surface area contributed by atoms with Crippen molar-refractivity contribution in [2.45, 2.75) is 24.8 Å². The van der Waals surface area contributed by atoms with Crippen molar-refractivity contribution >= 4 is 33.9 Å². The number of carbonyl (C=O) groups is 1. The Balaban J connectivity index is 1.50. The van der Waals surface area contributed by atoms with Crippen LogP contribution in [0.15, 0.2) is 53.8 Å². The lowest BCUT2D eigenvalue weighted by Crippen LogP contribution is -2.10. The molecule has 0 aliphatic rings. The Morgan fingerprint density at radius 2 is 1.91 bits per heavy atom. The normalized spacial score (nSPS) is 11.9. The highest BCUT2D eigenvalue weighted by Crippen LogP contribution is 2.27. The van der Waals surface area contributed by atoms with Gasteiger partial charge in [-0.2, -0.15) is 4.98 Å². The minimum absolute atomic E-state index is 0.121. The number of pyridine rings is 1. The summed E-state index contributed by atoms with van der Waals surface area (Å²) in [6, 6.07) is 9.90. The maximum atomic E-state index is 12.9. The number of hydrogen-bond donors (Lipinski definition) is 1. The first kappa shape index (κ1) is 23.2. The van der Waals surface area contributed by atoms with Crippen molar-refractivity contribution in [3.63, 3.8) is 0 Å². The van der Waals surface area contributed by atoms with Gasteiger partial charge in [0.05, 0.1) is 34.3 Å². The van der Waals surface area contributed by atoms with Gasteiger partial charge in [0.15, 0.2) is 5.75 Å². The van der Waals surface area contributed by atoms with Crippen molar-refractivity contribution in [1.82, 2.24) is 15.0 Å². The number of rotatable bonds is 7. The minimum Gasteiger partial charge on any atom is -0.609 e. The quantitative estimate of drug-likeness (QED) is 0.137. The zero-order valence-electron chi connectivity index (χ0n) is 18.5. The number of methoxy groups -OCH3 is 1. The van der Waals surface area contributed by atoms with Crippen LogP contribution in [0.3, 0.4) is 0 Å². The van der Waals surface area contributed by atoms with Gasteiger partial charge in [-0.3, -0.25) is 20.1 Å². The molecule has 11 heteroatoms. The highest BCUT2D eigenvalue weighted by molar-refractivity contribution is 7.90. The SMILES string of the molecule is COc1c(C)cnc(C[S+]([O-])c2nc3cc(OC(=O)c4ccc([N+](=O)[O-])cc4)ccc3[nH]2)c1C. The molecule has 0 amide bonds. The van der Waals surface area contributed by atoms with Gasteiger partial charge in [-0.05, 0) is 38.1 Å². The second kappa shape index (κ2) is 9.49. The van der Waals surface area contributed by atoms with Crippen molar-refractivity contribution in [2.75, 3.05) is 7.11 Å². The van der Waals surface area contributed by atoms with E-state index in [0.29, 0.717) is 22.5 Å². The molecule has 0 fully saturated rings. The number of carbonyl (C=O) groups excluding carboxylic acids is 1. The van der Waals surface area contributed by atoms with E-state index < -0.39 is 22.1 Å². The standard InChI is InChI=1S/C23H20N4O6S/c1-13-11-24-20(14(2)21(13)32-3)12-34(31)23-25-18-9-8-17(10-19(18)26-23)33-22(28)15-4-6-16(7-5-15)27(29)30/h4-11H,12H2,1-3H3,(H,25,26). The Hall–Kier alpha value is -3.96. The number of fused-ring (bicyclic) bond motifs is 1. The maximum Gasteiger partial charge on any atom is 0.343 e. The summed E-state index contributed by atoms with van der Waals surface area (Å²) in [5.41, 5.74) is 3.53. The Morgan fingerprint density at radius 1 is 1.18 bits per heavy atom. The van der Waals surface area contributed by atoms with Gasteiger partial charge >= 0.3 is 11.1 Å². The monoisotopic (exact) mass is 480 g/mol. The minimum atomic E-state index is -1.49. The van der Waals surface area contributed by atoms with E-state index in [1.54, 1.807) is 31.5 Å². The average Bonchev–Trinajstić information content (AvgIpc) is 3.25. The van der Waals surface area contributed by atoms with Crippen molar-refractivity contribution in [2.24, 2.45) is 0 Å². The topological polar surface area (TPSA) is 143 Å². The Labute approximate surface area is 197 Å². The lowest BCUT2D eigenvalue weighted by molar-refractivity contribution is -0.384. The molecule has 0 bridgehead atoms. The molecular formula is C23H20N4O6S.